The molecule has 0 radical (unpaired) electrons. The van der Waals surface area contributed by atoms with E-state index in [1.807, 2.05) is 18.2 Å². The van der Waals surface area contributed by atoms with Crippen molar-refractivity contribution in [2.24, 2.45) is 21.8 Å². The van der Waals surface area contributed by atoms with Crippen molar-refractivity contribution in [2.75, 3.05) is 13.2 Å². The van der Waals surface area contributed by atoms with Crippen molar-refractivity contribution in [3.63, 3.8) is 0 Å². The van der Waals surface area contributed by atoms with Crippen LogP contribution in [0.2, 0.25) is 0 Å². The molecular weight excluding hydrogens is 276 g/mol. The molecule has 2 unspecified atom stereocenters. The van der Waals surface area contributed by atoms with Crippen molar-refractivity contribution in [3.05, 3.63) is 35.4 Å². The quantitative estimate of drug-likeness (QED) is 0.856. The summed E-state index contributed by atoms with van der Waals surface area (Å²) in [5.74, 6) is 2.44. The molecule has 0 aliphatic carbocycles. The van der Waals surface area contributed by atoms with Crippen LogP contribution in [0.25, 0.3) is 0 Å². The molecule has 1 aromatic carbocycles. The van der Waals surface area contributed by atoms with Gasteiger partial charge in [-0.1, -0.05) is 33.8 Å². The molecule has 2 heterocycles. The highest BCUT2D eigenvalue weighted by atomic mass is 16.5. The third kappa shape index (κ3) is 3.01. The van der Waals surface area contributed by atoms with Gasteiger partial charge in [0.05, 0.1) is 12.6 Å². The second kappa shape index (κ2) is 6.11. The maximum absolute atomic E-state index is 5.96. The van der Waals surface area contributed by atoms with Gasteiger partial charge in [-0.3, -0.25) is 0 Å². The summed E-state index contributed by atoms with van der Waals surface area (Å²) in [4.78, 5) is 9.22. The van der Waals surface area contributed by atoms with E-state index in [2.05, 4.69) is 43.7 Å². The molecule has 0 amide bonds. The molecule has 0 spiro atoms. The van der Waals surface area contributed by atoms with Crippen molar-refractivity contribution in [1.82, 2.24) is 0 Å². The summed E-state index contributed by atoms with van der Waals surface area (Å²) in [5, 5.41) is 0. The molecule has 3 rings (SSSR count). The third-order valence-corrected chi connectivity index (χ3v) is 4.22. The molecule has 0 fully saturated rings. The monoisotopic (exact) mass is 300 g/mol. The van der Waals surface area contributed by atoms with E-state index in [0.717, 1.165) is 29.5 Å². The van der Waals surface area contributed by atoms with E-state index < -0.39 is 0 Å². The van der Waals surface area contributed by atoms with E-state index in [1.165, 1.54) is 0 Å². The molecule has 2 aliphatic heterocycles. The molecule has 2 atom stereocenters. The Kier molecular flexibility index (Phi) is 4.19. The smallest absolute Gasteiger partial charge is 0.216 e. The number of hydrogen-bond acceptors (Lipinski definition) is 4. The summed E-state index contributed by atoms with van der Waals surface area (Å²) in [6.07, 6.45) is 0.184. The lowest BCUT2D eigenvalue weighted by atomic mass is 10.1. The van der Waals surface area contributed by atoms with Gasteiger partial charge in [-0.15, -0.1) is 0 Å². The highest BCUT2D eigenvalue weighted by Gasteiger charge is 2.26. The topological polar surface area (TPSA) is 43.2 Å². The van der Waals surface area contributed by atoms with Crippen molar-refractivity contribution < 1.29 is 9.47 Å². The normalized spacial score (nSPS) is 24.3. The lowest BCUT2D eigenvalue weighted by molar-refractivity contribution is 0.172. The van der Waals surface area contributed by atoms with Crippen LogP contribution in [0.15, 0.2) is 34.3 Å². The van der Waals surface area contributed by atoms with E-state index in [9.17, 15) is 0 Å². The summed E-state index contributed by atoms with van der Waals surface area (Å²) in [6.45, 7) is 10.1. The predicted molar refractivity (Wildman–Crippen MR) is 88.7 cm³/mol. The Morgan fingerprint density at radius 3 is 2.36 bits per heavy atom. The van der Waals surface area contributed by atoms with E-state index in [-0.39, 0.29) is 12.1 Å². The largest absolute Gasteiger partial charge is 0.475 e. The fourth-order valence-electron chi connectivity index (χ4n) is 2.57. The van der Waals surface area contributed by atoms with Crippen molar-refractivity contribution >= 4 is 11.8 Å². The molecule has 0 aromatic heterocycles. The van der Waals surface area contributed by atoms with Gasteiger partial charge in [0.1, 0.15) is 12.7 Å². The minimum absolute atomic E-state index is 0.184. The first-order chi connectivity index (χ1) is 10.5. The van der Waals surface area contributed by atoms with E-state index in [4.69, 9.17) is 9.47 Å². The SMILES string of the molecule is CC(C)C1COC(c2cccc(C3=NCC(C(C)C)O3)c2)=N1. The second-order valence-electron chi connectivity index (χ2n) is 6.68. The van der Waals surface area contributed by atoms with Crippen LogP contribution in [0.5, 0.6) is 0 Å². The molecule has 4 heteroatoms. The van der Waals surface area contributed by atoms with Crippen molar-refractivity contribution in [3.8, 4) is 0 Å². The first kappa shape index (κ1) is 15.1. The zero-order chi connectivity index (χ0) is 15.7. The molecule has 0 bridgehead atoms. The molecule has 0 saturated heterocycles. The zero-order valence-corrected chi connectivity index (χ0v) is 13.7. The van der Waals surface area contributed by atoms with Gasteiger partial charge >= 0.3 is 0 Å². The Balaban J connectivity index is 1.78. The highest BCUT2D eigenvalue weighted by Crippen LogP contribution is 2.21. The molecular formula is C18H24N2O2. The highest BCUT2D eigenvalue weighted by molar-refractivity contribution is 6.00. The van der Waals surface area contributed by atoms with Crippen molar-refractivity contribution in [1.29, 1.82) is 0 Å². The number of nitrogens with zero attached hydrogens (tertiary/aromatic N) is 2. The van der Waals surface area contributed by atoms with Gasteiger partial charge in [0, 0.05) is 11.1 Å². The summed E-state index contributed by atoms with van der Waals surface area (Å²) in [6, 6.07) is 8.38. The standard InChI is InChI=1S/C18H24N2O2/c1-11(2)15-10-21-18(20-15)14-7-5-6-13(8-14)17-19-9-16(22-17)12(3)4/h5-8,11-12,15-16H,9-10H2,1-4H3. The Morgan fingerprint density at radius 2 is 1.77 bits per heavy atom. The fraction of sp³-hybridized carbons (Fsp3) is 0.556. The number of rotatable bonds is 4. The summed E-state index contributed by atoms with van der Waals surface area (Å²) < 4.78 is 11.7. The minimum Gasteiger partial charge on any atom is -0.475 e. The van der Waals surface area contributed by atoms with Crippen LogP contribution in [-0.4, -0.2) is 37.1 Å². The van der Waals surface area contributed by atoms with Crippen LogP contribution in [0, 0.1) is 11.8 Å². The van der Waals surface area contributed by atoms with Gasteiger partial charge in [-0.2, -0.15) is 0 Å². The Labute approximate surface area is 132 Å². The van der Waals surface area contributed by atoms with E-state index in [0.29, 0.717) is 18.4 Å². The molecule has 118 valence electrons. The molecule has 22 heavy (non-hydrogen) atoms. The summed E-state index contributed by atoms with van der Waals surface area (Å²) >= 11 is 0. The van der Waals surface area contributed by atoms with Gasteiger partial charge in [0.2, 0.25) is 11.8 Å². The van der Waals surface area contributed by atoms with E-state index in [1.54, 1.807) is 0 Å². The van der Waals surface area contributed by atoms with Gasteiger partial charge < -0.3 is 9.47 Å². The zero-order valence-electron chi connectivity index (χ0n) is 13.7. The molecule has 1 aromatic rings. The summed E-state index contributed by atoms with van der Waals surface area (Å²) in [7, 11) is 0. The van der Waals surface area contributed by atoms with Gasteiger partial charge in [-0.05, 0) is 30.0 Å². The van der Waals surface area contributed by atoms with Gasteiger partial charge in [-0.25, -0.2) is 9.98 Å². The number of hydrogen-bond donors (Lipinski definition) is 0. The lowest BCUT2D eigenvalue weighted by Gasteiger charge is -2.14. The minimum atomic E-state index is 0.184. The van der Waals surface area contributed by atoms with Crippen LogP contribution < -0.4 is 0 Å². The second-order valence-corrected chi connectivity index (χ2v) is 6.68. The fourth-order valence-corrected chi connectivity index (χ4v) is 2.57. The first-order valence-corrected chi connectivity index (χ1v) is 8.07. The maximum atomic E-state index is 5.96. The Morgan fingerprint density at radius 1 is 1.05 bits per heavy atom. The van der Waals surface area contributed by atoms with Gasteiger partial charge in [0.15, 0.2) is 0 Å². The molecule has 2 aliphatic rings. The lowest BCUT2D eigenvalue weighted by Crippen LogP contribution is -2.20. The maximum Gasteiger partial charge on any atom is 0.216 e. The molecule has 0 N–H and O–H groups in total. The van der Waals surface area contributed by atoms with Gasteiger partial charge in [0.25, 0.3) is 0 Å². The van der Waals surface area contributed by atoms with E-state index >= 15 is 0 Å². The average Bonchev–Trinajstić information content (AvgIpc) is 3.17. The Bertz CT molecular complexity index is 605. The van der Waals surface area contributed by atoms with Crippen LogP contribution in [0.3, 0.4) is 0 Å². The predicted octanol–water partition coefficient (Wildman–Crippen LogP) is 3.29. The number of benzene rings is 1. The van der Waals surface area contributed by atoms with Crippen LogP contribution in [-0.2, 0) is 9.47 Å². The van der Waals surface area contributed by atoms with Crippen molar-refractivity contribution in [2.45, 2.75) is 39.8 Å². The molecule has 0 saturated carbocycles. The molecule has 4 nitrogen and oxygen atoms in total. The third-order valence-electron chi connectivity index (χ3n) is 4.22. The Hall–Kier alpha value is -1.84. The van der Waals surface area contributed by atoms with Crippen LogP contribution in [0.1, 0.15) is 38.8 Å². The average molecular weight is 300 g/mol. The summed E-state index contributed by atoms with van der Waals surface area (Å²) in [5.41, 5.74) is 2.00. The van der Waals surface area contributed by atoms with Crippen LogP contribution >= 0.6 is 0 Å². The number of aliphatic imine (C=N–C) groups is 2. The first-order valence-electron chi connectivity index (χ1n) is 8.07. The number of ether oxygens (including phenoxy) is 2. The van der Waals surface area contributed by atoms with Crippen LogP contribution in [0.4, 0.5) is 0 Å².